The standard InChI is InChI=1S/C11H17FN2O2S/c1-8-3-4-10(12)5-9(8)6-11(14-13)7-17(2,15)16/h3-5,11,14H,6-7,13H2,1-2H3. The number of aryl methyl sites for hydroxylation is 1. The van der Waals surface area contributed by atoms with Gasteiger partial charge in [-0.2, -0.15) is 0 Å². The molecule has 17 heavy (non-hydrogen) atoms. The molecule has 1 atom stereocenters. The monoisotopic (exact) mass is 260 g/mol. The maximum absolute atomic E-state index is 13.1. The third-order valence-corrected chi connectivity index (χ3v) is 3.52. The van der Waals surface area contributed by atoms with E-state index in [-0.39, 0.29) is 11.6 Å². The summed E-state index contributed by atoms with van der Waals surface area (Å²) in [7, 11) is -3.11. The Bertz CT molecular complexity index is 488. The molecule has 1 aromatic carbocycles. The van der Waals surface area contributed by atoms with Gasteiger partial charge in [-0.3, -0.25) is 11.3 Å². The Labute approximate surface area is 101 Å². The molecule has 0 bridgehead atoms. The van der Waals surface area contributed by atoms with Crippen molar-refractivity contribution in [1.29, 1.82) is 0 Å². The molecule has 0 saturated heterocycles. The lowest BCUT2D eigenvalue weighted by molar-refractivity contribution is 0.543. The van der Waals surface area contributed by atoms with Crippen molar-refractivity contribution in [3.8, 4) is 0 Å². The first-order valence-corrected chi connectivity index (χ1v) is 7.27. The third-order valence-electron chi connectivity index (χ3n) is 2.52. The van der Waals surface area contributed by atoms with Crippen LogP contribution in [0.2, 0.25) is 0 Å². The number of benzene rings is 1. The van der Waals surface area contributed by atoms with Crippen molar-refractivity contribution in [1.82, 2.24) is 5.43 Å². The zero-order valence-corrected chi connectivity index (χ0v) is 10.7. The molecule has 0 aliphatic carbocycles. The molecule has 4 nitrogen and oxygen atoms in total. The van der Waals surface area contributed by atoms with E-state index in [4.69, 9.17) is 5.84 Å². The number of sulfone groups is 1. The lowest BCUT2D eigenvalue weighted by Gasteiger charge is -2.16. The van der Waals surface area contributed by atoms with Crippen LogP contribution < -0.4 is 11.3 Å². The lowest BCUT2D eigenvalue weighted by Crippen LogP contribution is -2.41. The van der Waals surface area contributed by atoms with Gasteiger partial charge in [-0.15, -0.1) is 0 Å². The van der Waals surface area contributed by atoms with Crippen LogP contribution in [0.25, 0.3) is 0 Å². The van der Waals surface area contributed by atoms with Crippen LogP contribution in [0.4, 0.5) is 4.39 Å². The van der Waals surface area contributed by atoms with Crippen molar-refractivity contribution in [2.45, 2.75) is 19.4 Å². The second-order valence-electron chi connectivity index (χ2n) is 4.23. The summed E-state index contributed by atoms with van der Waals surface area (Å²) in [6.45, 7) is 1.85. The molecule has 0 aliphatic rings. The first-order chi connectivity index (χ1) is 7.81. The number of rotatable bonds is 5. The van der Waals surface area contributed by atoms with Gasteiger partial charge in [0.2, 0.25) is 0 Å². The van der Waals surface area contributed by atoms with Crippen LogP contribution in [0.15, 0.2) is 18.2 Å². The minimum Gasteiger partial charge on any atom is -0.271 e. The van der Waals surface area contributed by atoms with Gasteiger partial charge in [-0.25, -0.2) is 12.8 Å². The molecule has 0 fully saturated rings. The Balaban J connectivity index is 2.84. The van der Waals surface area contributed by atoms with Gasteiger partial charge < -0.3 is 0 Å². The SMILES string of the molecule is Cc1ccc(F)cc1CC(CS(C)(=O)=O)NN. The molecule has 0 heterocycles. The summed E-state index contributed by atoms with van der Waals surface area (Å²) in [6, 6.07) is 4.03. The Morgan fingerprint density at radius 2 is 2.12 bits per heavy atom. The molecule has 6 heteroatoms. The van der Waals surface area contributed by atoms with Gasteiger partial charge in [-0.05, 0) is 36.6 Å². The fourth-order valence-electron chi connectivity index (χ4n) is 1.66. The summed E-state index contributed by atoms with van der Waals surface area (Å²) < 4.78 is 35.4. The molecular formula is C11H17FN2O2S. The van der Waals surface area contributed by atoms with Gasteiger partial charge in [0.25, 0.3) is 0 Å². The van der Waals surface area contributed by atoms with E-state index in [0.29, 0.717) is 6.42 Å². The molecule has 3 N–H and O–H groups in total. The van der Waals surface area contributed by atoms with E-state index < -0.39 is 15.9 Å². The van der Waals surface area contributed by atoms with Crippen LogP contribution in [-0.2, 0) is 16.3 Å². The van der Waals surface area contributed by atoms with Crippen molar-refractivity contribution in [3.05, 3.63) is 35.1 Å². The van der Waals surface area contributed by atoms with Crippen molar-refractivity contribution in [3.63, 3.8) is 0 Å². The van der Waals surface area contributed by atoms with Gasteiger partial charge in [0, 0.05) is 12.3 Å². The Morgan fingerprint density at radius 3 is 2.65 bits per heavy atom. The largest absolute Gasteiger partial charge is 0.271 e. The highest BCUT2D eigenvalue weighted by Crippen LogP contribution is 2.13. The number of hydrogen-bond donors (Lipinski definition) is 2. The van der Waals surface area contributed by atoms with Crippen molar-refractivity contribution in [2.75, 3.05) is 12.0 Å². The molecule has 0 saturated carbocycles. The number of hydrogen-bond acceptors (Lipinski definition) is 4. The number of halogens is 1. The van der Waals surface area contributed by atoms with E-state index in [1.165, 1.54) is 12.1 Å². The molecule has 0 radical (unpaired) electrons. The van der Waals surface area contributed by atoms with E-state index in [1.54, 1.807) is 6.07 Å². The second kappa shape index (κ2) is 5.57. The molecule has 96 valence electrons. The maximum atomic E-state index is 13.1. The van der Waals surface area contributed by atoms with Crippen molar-refractivity contribution >= 4 is 9.84 Å². The van der Waals surface area contributed by atoms with Crippen LogP contribution in [0, 0.1) is 12.7 Å². The fourth-order valence-corrected chi connectivity index (χ4v) is 2.60. The summed E-state index contributed by atoms with van der Waals surface area (Å²) in [4.78, 5) is 0. The molecule has 1 unspecified atom stereocenters. The van der Waals surface area contributed by atoms with E-state index in [1.807, 2.05) is 6.92 Å². The van der Waals surface area contributed by atoms with Gasteiger partial charge in [-0.1, -0.05) is 6.07 Å². The number of hydrazine groups is 1. The summed E-state index contributed by atoms with van der Waals surface area (Å²) in [5.41, 5.74) is 4.13. The van der Waals surface area contributed by atoms with Crippen LogP contribution >= 0.6 is 0 Å². The van der Waals surface area contributed by atoms with Crippen LogP contribution in [0.1, 0.15) is 11.1 Å². The maximum Gasteiger partial charge on any atom is 0.149 e. The molecule has 0 aromatic heterocycles. The highest BCUT2D eigenvalue weighted by Gasteiger charge is 2.15. The van der Waals surface area contributed by atoms with Crippen LogP contribution in [-0.4, -0.2) is 26.5 Å². The normalized spacial score (nSPS) is 13.6. The molecule has 1 aromatic rings. The third kappa shape index (κ3) is 4.80. The lowest BCUT2D eigenvalue weighted by atomic mass is 10.0. The number of nitrogens with one attached hydrogen (secondary N) is 1. The van der Waals surface area contributed by atoms with Gasteiger partial charge in [0.1, 0.15) is 15.7 Å². The zero-order chi connectivity index (χ0) is 13.1. The van der Waals surface area contributed by atoms with Gasteiger partial charge in [0.05, 0.1) is 5.75 Å². The second-order valence-corrected chi connectivity index (χ2v) is 6.42. The zero-order valence-electron chi connectivity index (χ0n) is 9.90. The summed E-state index contributed by atoms with van der Waals surface area (Å²) >= 11 is 0. The van der Waals surface area contributed by atoms with Crippen molar-refractivity contribution in [2.24, 2.45) is 5.84 Å². The first kappa shape index (κ1) is 14.1. The fraction of sp³-hybridized carbons (Fsp3) is 0.455. The summed E-state index contributed by atoms with van der Waals surface area (Å²) in [6.07, 6.45) is 1.53. The van der Waals surface area contributed by atoms with Crippen molar-refractivity contribution < 1.29 is 12.8 Å². The Morgan fingerprint density at radius 1 is 1.47 bits per heavy atom. The first-order valence-electron chi connectivity index (χ1n) is 5.20. The predicted octanol–water partition coefficient (Wildman–Crippen LogP) is 0.553. The average molecular weight is 260 g/mol. The highest BCUT2D eigenvalue weighted by molar-refractivity contribution is 7.90. The number of nitrogens with two attached hydrogens (primary N) is 1. The molecule has 0 spiro atoms. The molecule has 0 amide bonds. The van der Waals surface area contributed by atoms with Crippen LogP contribution in [0.5, 0.6) is 0 Å². The summed E-state index contributed by atoms with van der Waals surface area (Å²) in [5, 5.41) is 0. The van der Waals surface area contributed by atoms with E-state index in [9.17, 15) is 12.8 Å². The van der Waals surface area contributed by atoms with E-state index >= 15 is 0 Å². The quantitative estimate of drug-likeness (QED) is 0.599. The molecular weight excluding hydrogens is 243 g/mol. The van der Waals surface area contributed by atoms with E-state index in [2.05, 4.69) is 5.43 Å². The highest BCUT2D eigenvalue weighted by atomic mass is 32.2. The van der Waals surface area contributed by atoms with Gasteiger partial charge in [0.15, 0.2) is 0 Å². The smallest absolute Gasteiger partial charge is 0.149 e. The summed E-state index contributed by atoms with van der Waals surface area (Å²) in [5.74, 6) is 4.91. The van der Waals surface area contributed by atoms with Crippen LogP contribution in [0.3, 0.4) is 0 Å². The minimum absolute atomic E-state index is 0.0700. The average Bonchev–Trinajstić information content (AvgIpc) is 2.20. The Kier molecular flexibility index (Phi) is 4.62. The molecule has 1 rings (SSSR count). The van der Waals surface area contributed by atoms with Gasteiger partial charge >= 0.3 is 0 Å². The topological polar surface area (TPSA) is 72.2 Å². The minimum atomic E-state index is -3.11. The Hall–Kier alpha value is -0.980. The van der Waals surface area contributed by atoms with E-state index in [0.717, 1.165) is 17.4 Å². The molecule has 0 aliphatic heterocycles. The predicted molar refractivity (Wildman–Crippen MR) is 65.7 cm³/mol.